The van der Waals surface area contributed by atoms with Crippen molar-refractivity contribution in [2.24, 2.45) is 52.8 Å². The molecule has 0 bridgehead atoms. The Labute approximate surface area is 87.5 Å². The van der Waals surface area contributed by atoms with Gasteiger partial charge < -0.3 is 0 Å². The van der Waals surface area contributed by atoms with Gasteiger partial charge in [-0.2, -0.15) is 0 Å². The standard InChI is InChI=1S/C14H22/c1-6-5-9-7(2)11(10(6)9)14(4)12-8(3)13(12)14/h6-13H,5H2,1-4H3. The van der Waals surface area contributed by atoms with E-state index in [4.69, 9.17) is 0 Å². The third kappa shape index (κ3) is 0.581. The summed E-state index contributed by atoms with van der Waals surface area (Å²) in [6.07, 6.45) is 1.54. The van der Waals surface area contributed by atoms with Crippen molar-refractivity contribution in [3.05, 3.63) is 0 Å². The van der Waals surface area contributed by atoms with Gasteiger partial charge in [-0.05, 0) is 59.2 Å². The first-order valence-electron chi connectivity index (χ1n) is 6.58. The van der Waals surface area contributed by atoms with E-state index in [9.17, 15) is 0 Å². The van der Waals surface area contributed by atoms with Crippen molar-refractivity contribution in [3.8, 4) is 0 Å². The third-order valence-electron chi connectivity index (χ3n) is 6.88. The van der Waals surface area contributed by atoms with E-state index in [1.165, 1.54) is 0 Å². The third-order valence-corrected chi connectivity index (χ3v) is 6.88. The monoisotopic (exact) mass is 190 g/mol. The molecule has 0 saturated heterocycles. The Morgan fingerprint density at radius 2 is 1.57 bits per heavy atom. The summed E-state index contributed by atoms with van der Waals surface area (Å²) in [7, 11) is 0. The van der Waals surface area contributed by atoms with E-state index in [1.54, 1.807) is 6.42 Å². The highest BCUT2D eigenvalue weighted by molar-refractivity contribution is 5.31. The second kappa shape index (κ2) is 1.95. The van der Waals surface area contributed by atoms with Gasteiger partial charge in [-0.15, -0.1) is 0 Å². The number of rotatable bonds is 1. The zero-order valence-corrected chi connectivity index (χ0v) is 9.83. The van der Waals surface area contributed by atoms with Crippen LogP contribution in [-0.2, 0) is 0 Å². The topological polar surface area (TPSA) is 0 Å². The summed E-state index contributed by atoms with van der Waals surface area (Å²) < 4.78 is 0. The fourth-order valence-corrected chi connectivity index (χ4v) is 6.13. The molecule has 0 radical (unpaired) electrons. The van der Waals surface area contributed by atoms with Crippen molar-refractivity contribution in [2.75, 3.05) is 0 Å². The van der Waals surface area contributed by atoms with Crippen molar-refractivity contribution in [3.63, 3.8) is 0 Å². The van der Waals surface area contributed by atoms with Crippen LogP contribution in [0.1, 0.15) is 34.1 Å². The van der Waals surface area contributed by atoms with E-state index in [1.807, 2.05) is 0 Å². The Hall–Kier alpha value is 0. The van der Waals surface area contributed by atoms with Crippen LogP contribution in [0, 0.1) is 52.8 Å². The lowest BCUT2D eigenvalue weighted by Crippen LogP contribution is -2.60. The smallest absolute Gasteiger partial charge is 0.0224 e. The Morgan fingerprint density at radius 3 is 2.07 bits per heavy atom. The Kier molecular flexibility index (Phi) is 1.14. The van der Waals surface area contributed by atoms with Crippen LogP contribution in [0.2, 0.25) is 0 Å². The zero-order valence-electron chi connectivity index (χ0n) is 9.83. The lowest BCUT2D eigenvalue weighted by molar-refractivity contribution is -0.178. The van der Waals surface area contributed by atoms with Crippen LogP contribution in [0.15, 0.2) is 0 Å². The maximum absolute atomic E-state index is 2.60. The first kappa shape index (κ1) is 8.19. The lowest BCUT2D eigenvalue weighted by atomic mass is 9.39. The normalized spacial score (nSPS) is 78.0. The molecule has 0 amide bonds. The summed E-state index contributed by atoms with van der Waals surface area (Å²) in [5, 5.41) is 0. The first-order valence-corrected chi connectivity index (χ1v) is 6.58. The first-order chi connectivity index (χ1) is 6.58. The molecule has 4 aliphatic carbocycles. The minimum absolute atomic E-state index is 0.828. The van der Waals surface area contributed by atoms with Crippen LogP contribution >= 0.6 is 0 Å². The van der Waals surface area contributed by atoms with E-state index in [2.05, 4.69) is 27.7 Å². The molecule has 0 aliphatic heterocycles. The quantitative estimate of drug-likeness (QED) is 0.594. The van der Waals surface area contributed by atoms with Gasteiger partial charge in [-0.3, -0.25) is 0 Å². The van der Waals surface area contributed by atoms with Crippen molar-refractivity contribution in [1.82, 2.24) is 0 Å². The molecule has 0 heterocycles. The average Bonchev–Trinajstić information content (AvgIpc) is 2.98. The number of hydrogen-bond acceptors (Lipinski definition) is 0. The minimum Gasteiger partial charge on any atom is -0.0622 e. The molecule has 7 unspecified atom stereocenters. The summed E-state index contributed by atoms with van der Waals surface area (Å²) in [5.41, 5.74) is 0.828. The Bertz CT molecular complexity index is 295. The summed E-state index contributed by atoms with van der Waals surface area (Å²) in [5.74, 6) is 8.96. The average molecular weight is 190 g/mol. The maximum atomic E-state index is 2.60. The van der Waals surface area contributed by atoms with Crippen LogP contribution in [0.3, 0.4) is 0 Å². The molecule has 4 saturated carbocycles. The number of hydrogen-bond donors (Lipinski definition) is 0. The fourth-order valence-electron chi connectivity index (χ4n) is 6.13. The molecule has 7 atom stereocenters. The molecule has 0 aromatic heterocycles. The Morgan fingerprint density at radius 1 is 0.929 bits per heavy atom. The van der Waals surface area contributed by atoms with E-state index in [0.29, 0.717) is 0 Å². The second-order valence-electron chi connectivity index (χ2n) is 7.12. The van der Waals surface area contributed by atoms with Crippen LogP contribution in [0.5, 0.6) is 0 Å². The van der Waals surface area contributed by atoms with Crippen LogP contribution < -0.4 is 0 Å². The second-order valence-corrected chi connectivity index (χ2v) is 7.12. The molecule has 0 heteroatoms. The largest absolute Gasteiger partial charge is 0.0622 e. The van der Waals surface area contributed by atoms with Gasteiger partial charge in [-0.1, -0.05) is 27.7 Å². The van der Waals surface area contributed by atoms with E-state index < -0.39 is 0 Å². The van der Waals surface area contributed by atoms with Gasteiger partial charge >= 0.3 is 0 Å². The summed E-state index contributed by atoms with van der Waals surface area (Å²) in [6.45, 7) is 10.1. The molecular formula is C14H22. The van der Waals surface area contributed by atoms with Gasteiger partial charge in [0.05, 0.1) is 0 Å². The predicted octanol–water partition coefficient (Wildman–Crippen LogP) is 3.43. The highest BCUT2D eigenvalue weighted by Gasteiger charge is 2.84. The minimum atomic E-state index is 0.828. The Balaban J connectivity index is 1.57. The van der Waals surface area contributed by atoms with Crippen LogP contribution in [-0.4, -0.2) is 0 Å². The maximum Gasteiger partial charge on any atom is -0.0224 e. The van der Waals surface area contributed by atoms with Gasteiger partial charge in [0.25, 0.3) is 0 Å². The van der Waals surface area contributed by atoms with Gasteiger partial charge in [0.2, 0.25) is 0 Å². The van der Waals surface area contributed by atoms with Crippen molar-refractivity contribution >= 4 is 0 Å². The van der Waals surface area contributed by atoms with E-state index in [-0.39, 0.29) is 0 Å². The molecule has 78 valence electrons. The van der Waals surface area contributed by atoms with Gasteiger partial charge in [0, 0.05) is 0 Å². The summed E-state index contributed by atoms with van der Waals surface area (Å²) in [4.78, 5) is 0. The van der Waals surface area contributed by atoms with Gasteiger partial charge in [-0.25, -0.2) is 0 Å². The molecule has 4 rings (SSSR count). The van der Waals surface area contributed by atoms with Crippen molar-refractivity contribution < 1.29 is 0 Å². The van der Waals surface area contributed by atoms with Crippen molar-refractivity contribution in [2.45, 2.75) is 34.1 Å². The SMILES string of the molecule is CC1CC2C(C)C(C3(C)C4C(C)C43)C12. The summed E-state index contributed by atoms with van der Waals surface area (Å²) in [6, 6.07) is 0. The fraction of sp³-hybridized carbons (Fsp3) is 1.00. The zero-order chi connectivity index (χ0) is 9.83. The molecule has 4 aliphatic rings. The van der Waals surface area contributed by atoms with Gasteiger partial charge in [0.1, 0.15) is 0 Å². The van der Waals surface area contributed by atoms with E-state index in [0.717, 1.165) is 52.8 Å². The van der Waals surface area contributed by atoms with Crippen LogP contribution in [0.25, 0.3) is 0 Å². The van der Waals surface area contributed by atoms with E-state index >= 15 is 0 Å². The molecule has 0 nitrogen and oxygen atoms in total. The highest BCUT2D eigenvalue weighted by atomic mass is 14.9. The molecule has 4 fully saturated rings. The van der Waals surface area contributed by atoms with Gasteiger partial charge in [0.15, 0.2) is 0 Å². The molecule has 0 N–H and O–H groups in total. The number of fused-ring (bicyclic) bond motifs is 2. The molecule has 0 spiro atoms. The highest BCUT2D eigenvalue weighted by Crippen LogP contribution is 2.88. The summed E-state index contributed by atoms with van der Waals surface area (Å²) >= 11 is 0. The lowest BCUT2D eigenvalue weighted by Gasteiger charge is -2.66. The molecule has 0 aromatic carbocycles. The van der Waals surface area contributed by atoms with Crippen LogP contribution in [0.4, 0.5) is 0 Å². The molecule has 14 heavy (non-hydrogen) atoms. The molecule has 0 aromatic rings. The molecular weight excluding hydrogens is 168 g/mol. The van der Waals surface area contributed by atoms with Crippen molar-refractivity contribution in [1.29, 1.82) is 0 Å². The predicted molar refractivity (Wildman–Crippen MR) is 57.7 cm³/mol.